The molecule has 0 amide bonds. The molecule has 0 aromatic heterocycles. The van der Waals surface area contributed by atoms with Crippen LogP contribution in [0.3, 0.4) is 0 Å². The van der Waals surface area contributed by atoms with Crippen LogP contribution in [-0.2, 0) is 5.41 Å². The summed E-state index contributed by atoms with van der Waals surface area (Å²) < 4.78 is 0. The van der Waals surface area contributed by atoms with E-state index < -0.39 is 0 Å². The van der Waals surface area contributed by atoms with Gasteiger partial charge in [0.25, 0.3) is 0 Å². The second-order valence-corrected chi connectivity index (χ2v) is 6.43. The van der Waals surface area contributed by atoms with Gasteiger partial charge < -0.3 is 0 Å². The van der Waals surface area contributed by atoms with E-state index in [1.165, 1.54) is 5.56 Å². The van der Waals surface area contributed by atoms with Gasteiger partial charge in [-0.1, -0.05) is 63.2 Å². The van der Waals surface area contributed by atoms with Crippen molar-refractivity contribution in [3.63, 3.8) is 0 Å². The average Bonchev–Trinajstić information content (AvgIpc) is 2.37. The Morgan fingerprint density at radius 1 is 0.900 bits per heavy atom. The molecule has 1 nitrogen and oxygen atoms in total. The molecule has 0 heterocycles. The zero-order valence-electron chi connectivity index (χ0n) is 12.9. The summed E-state index contributed by atoms with van der Waals surface area (Å²) in [7, 11) is 0. The molecule has 0 aliphatic carbocycles. The minimum atomic E-state index is 0.101. The zero-order chi connectivity index (χ0) is 14.9. The van der Waals surface area contributed by atoms with Gasteiger partial charge in [0.05, 0.1) is 0 Å². The second kappa shape index (κ2) is 5.24. The summed E-state index contributed by atoms with van der Waals surface area (Å²) in [6.07, 6.45) is 0. The van der Waals surface area contributed by atoms with Crippen molar-refractivity contribution in [2.45, 2.75) is 40.0 Å². The predicted octanol–water partition coefficient (Wildman–Crippen LogP) is 4.83. The molecule has 0 saturated heterocycles. The van der Waals surface area contributed by atoms with Gasteiger partial charge in [0.2, 0.25) is 0 Å². The van der Waals surface area contributed by atoms with Crippen molar-refractivity contribution >= 4 is 5.78 Å². The molecule has 0 atom stereocenters. The number of carbonyl (C=O) groups excluding carboxylic acids is 1. The molecule has 0 aliphatic heterocycles. The molecule has 0 N–H and O–H groups in total. The van der Waals surface area contributed by atoms with Crippen LogP contribution >= 0.6 is 0 Å². The molecule has 2 rings (SSSR count). The van der Waals surface area contributed by atoms with Crippen molar-refractivity contribution < 1.29 is 4.79 Å². The van der Waals surface area contributed by atoms with Crippen LogP contribution in [0.4, 0.5) is 0 Å². The summed E-state index contributed by atoms with van der Waals surface area (Å²) in [6, 6.07) is 13.8. The van der Waals surface area contributed by atoms with Gasteiger partial charge in [-0.25, -0.2) is 0 Å². The van der Waals surface area contributed by atoms with Crippen LogP contribution < -0.4 is 0 Å². The monoisotopic (exact) mass is 266 g/mol. The van der Waals surface area contributed by atoms with E-state index in [-0.39, 0.29) is 11.2 Å². The van der Waals surface area contributed by atoms with Crippen LogP contribution in [0.25, 0.3) is 0 Å². The molecule has 0 aliphatic rings. The fourth-order valence-corrected chi connectivity index (χ4v) is 2.49. The lowest BCUT2D eigenvalue weighted by atomic mass is 9.82. The second-order valence-electron chi connectivity index (χ2n) is 6.43. The van der Waals surface area contributed by atoms with Crippen LogP contribution in [-0.4, -0.2) is 5.78 Å². The SMILES string of the molecule is Cc1cc(C(C)(C)C)cc(C)c1C(=O)c1ccccc1. The van der Waals surface area contributed by atoms with Gasteiger partial charge in [0, 0.05) is 11.1 Å². The van der Waals surface area contributed by atoms with Crippen LogP contribution in [0.1, 0.15) is 53.4 Å². The summed E-state index contributed by atoms with van der Waals surface area (Å²) in [6.45, 7) is 10.6. The lowest BCUT2D eigenvalue weighted by Crippen LogP contribution is -2.14. The van der Waals surface area contributed by atoms with Gasteiger partial charge in [-0.2, -0.15) is 0 Å². The van der Waals surface area contributed by atoms with Crippen LogP contribution in [0.15, 0.2) is 42.5 Å². The molecule has 104 valence electrons. The van der Waals surface area contributed by atoms with Crippen molar-refractivity contribution in [1.29, 1.82) is 0 Å². The molecule has 0 spiro atoms. The van der Waals surface area contributed by atoms with E-state index in [4.69, 9.17) is 0 Å². The third-order valence-corrected chi connectivity index (χ3v) is 3.66. The van der Waals surface area contributed by atoms with E-state index in [1.807, 2.05) is 44.2 Å². The molecular weight excluding hydrogens is 244 g/mol. The largest absolute Gasteiger partial charge is 0.289 e. The Balaban J connectivity index is 2.52. The van der Waals surface area contributed by atoms with E-state index >= 15 is 0 Å². The summed E-state index contributed by atoms with van der Waals surface area (Å²) in [5, 5.41) is 0. The van der Waals surface area contributed by atoms with Gasteiger partial charge in [0.15, 0.2) is 5.78 Å². The number of benzene rings is 2. The fourth-order valence-electron chi connectivity index (χ4n) is 2.49. The van der Waals surface area contributed by atoms with Gasteiger partial charge in [0.1, 0.15) is 0 Å². The Hall–Kier alpha value is -1.89. The van der Waals surface area contributed by atoms with Crippen molar-refractivity contribution in [2.75, 3.05) is 0 Å². The number of hydrogen-bond acceptors (Lipinski definition) is 1. The molecule has 1 heteroatoms. The Morgan fingerprint density at radius 2 is 1.40 bits per heavy atom. The van der Waals surface area contributed by atoms with Gasteiger partial charge in [-0.15, -0.1) is 0 Å². The number of carbonyl (C=O) groups is 1. The maximum absolute atomic E-state index is 12.6. The van der Waals surface area contributed by atoms with E-state index in [0.717, 1.165) is 22.3 Å². The van der Waals surface area contributed by atoms with Gasteiger partial charge >= 0.3 is 0 Å². The highest BCUT2D eigenvalue weighted by atomic mass is 16.1. The quantitative estimate of drug-likeness (QED) is 0.711. The Bertz CT molecular complexity index is 608. The average molecular weight is 266 g/mol. The van der Waals surface area contributed by atoms with E-state index in [9.17, 15) is 4.79 Å². The Kier molecular flexibility index (Phi) is 3.80. The molecule has 0 radical (unpaired) electrons. The van der Waals surface area contributed by atoms with Crippen LogP contribution in [0.5, 0.6) is 0 Å². The van der Waals surface area contributed by atoms with Crippen LogP contribution in [0.2, 0.25) is 0 Å². The minimum Gasteiger partial charge on any atom is -0.289 e. The molecule has 0 saturated carbocycles. The molecule has 20 heavy (non-hydrogen) atoms. The van der Waals surface area contributed by atoms with Gasteiger partial charge in [-0.3, -0.25) is 4.79 Å². The lowest BCUT2D eigenvalue weighted by molar-refractivity contribution is 0.103. The summed E-state index contributed by atoms with van der Waals surface area (Å²) in [5.74, 6) is 0.112. The molecule has 0 fully saturated rings. The summed E-state index contributed by atoms with van der Waals surface area (Å²) in [5.41, 5.74) is 5.08. The standard InChI is InChI=1S/C19H22O/c1-13-11-16(19(3,4)5)12-14(2)17(13)18(20)15-9-7-6-8-10-15/h6-12H,1-5H3. The molecule has 0 unspecified atom stereocenters. The first-order chi connectivity index (χ1) is 9.30. The van der Waals surface area contributed by atoms with Crippen molar-refractivity contribution in [1.82, 2.24) is 0 Å². The first-order valence-corrected chi connectivity index (χ1v) is 7.02. The topological polar surface area (TPSA) is 17.1 Å². The predicted molar refractivity (Wildman–Crippen MR) is 84.5 cm³/mol. The summed E-state index contributed by atoms with van der Waals surface area (Å²) >= 11 is 0. The van der Waals surface area contributed by atoms with Crippen LogP contribution in [0, 0.1) is 13.8 Å². The van der Waals surface area contributed by atoms with Crippen molar-refractivity contribution in [3.8, 4) is 0 Å². The lowest BCUT2D eigenvalue weighted by Gasteiger charge is -2.22. The van der Waals surface area contributed by atoms with Crippen molar-refractivity contribution in [3.05, 3.63) is 70.3 Å². The third kappa shape index (κ3) is 2.82. The highest BCUT2D eigenvalue weighted by Crippen LogP contribution is 2.28. The number of aryl methyl sites for hydroxylation is 2. The van der Waals surface area contributed by atoms with Crippen molar-refractivity contribution in [2.24, 2.45) is 0 Å². The number of ketones is 1. The number of hydrogen-bond donors (Lipinski definition) is 0. The minimum absolute atomic E-state index is 0.101. The molecule has 2 aromatic carbocycles. The normalized spacial score (nSPS) is 11.4. The van der Waals surface area contributed by atoms with E-state index in [2.05, 4.69) is 32.9 Å². The maximum atomic E-state index is 12.6. The smallest absolute Gasteiger partial charge is 0.193 e. The molecule has 2 aromatic rings. The van der Waals surface area contributed by atoms with E-state index in [1.54, 1.807) is 0 Å². The van der Waals surface area contributed by atoms with Gasteiger partial charge in [-0.05, 0) is 36.0 Å². The Morgan fingerprint density at radius 3 is 1.85 bits per heavy atom. The maximum Gasteiger partial charge on any atom is 0.193 e. The highest BCUT2D eigenvalue weighted by Gasteiger charge is 2.19. The Labute approximate surface area is 121 Å². The molecular formula is C19H22O. The highest BCUT2D eigenvalue weighted by molar-refractivity contribution is 6.10. The summed E-state index contributed by atoms with van der Waals surface area (Å²) in [4.78, 5) is 12.6. The first-order valence-electron chi connectivity index (χ1n) is 7.02. The first kappa shape index (κ1) is 14.5. The number of rotatable bonds is 2. The zero-order valence-corrected chi connectivity index (χ0v) is 12.9. The molecule has 0 bridgehead atoms. The fraction of sp³-hybridized carbons (Fsp3) is 0.316. The van der Waals surface area contributed by atoms with E-state index in [0.29, 0.717) is 0 Å². The third-order valence-electron chi connectivity index (χ3n) is 3.66.